The number of methoxy groups -OCH3 is 3. The third-order valence-corrected chi connectivity index (χ3v) is 6.64. The van der Waals surface area contributed by atoms with Gasteiger partial charge in [0.25, 0.3) is 0 Å². The zero-order valence-corrected chi connectivity index (χ0v) is 22.4. The maximum absolute atomic E-state index is 5.64. The summed E-state index contributed by atoms with van der Waals surface area (Å²) in [6.07, 6.45) is 5.32. The summed E-state index contributed by atoms with van der Waals surface area (Å²) in [4.78, 5) is 14.4. The van der Waals surface area contributed by atoms with Crippen molar-refractivity contribution in [2.45, 2.75) is 20.4 Å². The molecule has 0 radical (unpaired) electrons. The smallest absolute Gasteiger partial charge is 0.137 e. The fourth-order valence-corrected chi connectivity index (χ4v) is 4.67. The minimum atomic E-state index is 0.496. The molecule has 0 atom stereocenters. The molecule has 0 spiro atoms. The highest BCUT2D eigenvalue weighted by molar-refractivity contribution is 6.00. The minimum Gasteiger partial charge on any atom is -0.497 e. The first-order valence-corrected chi connectivity index (χ1v) is 12.2. The van der Waals surface area contributed by atoms with Gasteiger partial charge in [0.15, 0.2) is 0 Å². The van der Waals surface area contributed by atoms with Gasteiger partial charge in [-0.1, -0.05) is 6.07 Å². The lowest BCUT2D eigenvalue weighted by Gasteiger charge is -2.17. The average molecular weight is 511 g/mol. The van der Waals surface area contributed by atoms with Crippen molar-refractivity contribution >= 4 is 16.7 Å². The van der Waals surface area contributed by atoms with Crippen LogP contribution < -0.4 is 19.5 Å². The van der Waals surface area contributed by atoms with Crippen LogP contribution >= 0.6 is 0 Å². The van der Waals surface area contributed by atoms with E-state index in [-0.39, 0.29) is 0 Å². The number of hydrogen-bond donors (Lipinski definition) is 1. The molecular formula is C29H30N6O3. The van der Waals surface area contributed by atoms with E-state index in [2.05, 4.69) is 22.3 Å². The van der Waals surface area contributed by atoms with Crippen molar-refractivity contribution in [2.75, 3.05) is 26.6 Å². The molecule has 0 bridgehead atoms. The Bertz CT molecular complexity index is 1630. The number of ether oxygens (including phenoxy) is 3. The van der Waals surface area contributed by atoms with Gasteiger partial charge in [0, 0.05) is 53.5 Å². The van der Waals surface area contributed by atoms with Crippen LogP contribution in [0.2, 0.25) is 0 Å². The number of nitrogens with one attached hydrogen (secondary N) is 1. The van der Waals surface area contributed by atoms with Gasteiger partial charge in [0.1, 0.15) is 34.9 Å². The van der Waals surface area contributed by atoms with Crippen molar-refractivity contribution in [1.82, 2.24) is 24.7 Å². The summed E-state index contributed by atoms with van der Waals surface area (Å²) in [5.74, 6) is 2.96. The number of pyridine rings is 1. The van der Waals surface area contributed by atoms with Crippen LogP contribution in [0.4, 0.5) is 5.82 Å². The van der Waals surface area contributed by atoms with E-state index >= 15 is 0 Å². The number of fused-ring (bicyclic) bond motifs is 1. The molecule has 0 saturated carbocycles. The molecule has 0 unspecified atom stereocenters. The van der Waals surface area contributed by atoms with E-state index in [1.165, 1.54) is 0 Å². The quantitative estimate of drug-likeness (QED) is 0.299. The van der Waals surface area contributed by atoms with Gasteiger partial charge in [0.2, 0.25) is 0 Å². The number of aryl methyl sites for hydroxylation is 2. The largest absolute Gasteiger partial charge is 0.497 e. The highest BCUT2D eigenvalue weighted by atomic mass is 16.5. The number of benzene rings is 2. The lowest BCUT2D eigenvalue weighted by atomic mass is 9.96. The molecule has 0 saturated heterocycles. The lowest BCUT2D eigenvalue weighted by Crippen LogP contribution is -2.06. The molecule has 3 heterocycles. The Balaban J connectivity index is 1.68. The van der Waals surface area contributed by atoms with Gasteiger partial charge in [-0.25, -0.2) is 15.0 Å². The van der Waals surface area contributed by atoms with E-state index in [4.69, 9.17) is 24.2 Å². The van der Waals surface area contributed by atoms with E-state index in [0.717, 1.165) is 67.4 Å². The molecule has 38 heavy (non-hydrogen) atoms. The highest BCUT2D eigenvalue weighted by Crippen LogP contribution is 2.38. The Hall–Kier alpha value is -4.66. The zero-order valence-electron chi connectivity index (χ0n) is 22.4. The van der Waals surface area contributed by atoms with E-state index < -0.39 is 0 Å². The third-order valence-electron chi connectivity index (χ3n) is 6.64. The molecule has 0 aliphatic rings. The molecule has 9 heteroatoms. The fraction of sp³-hybridized carbons (Fsp3) is 0.241. The van der Waals surface area contributed by atoms with Crippen LogP contribution in [0.15, 0.2) is 55.1 Å². The topological polar surface area (TPSA) is 96.2 Å². The van der Waals surface area contributed by atoms with Crippen molar-refractivity contribution < 1.29 is 14.2 Å². The number of aromatic nitrogens is 5. The lowest BCUT2D eigenvalue weighted by molar-refractivity contribution is 0.391. The summed E-state index contributed by atoms with van der Waals surface area (Å²) >= 11 is 0. The molecule has 5 aromatic rings. The number of hydrogen-bond acceptors (Lipinski definition) is 8. The average Bonchev–Trinajstić information content (AvgIpc) is 3.38. The van der Waals surface area contributed by atoms with Crippen molar-refractivity contribution in [3.05, 3.63) is 71.8 Å². The van der Waals surface area contributed by atoms with Crippen molar-refractivity contribution in [3.8, 4) is 39.8 Å². The van der Waals surface area contributed by atoms with Gasteiger partial charge in [-0.05, 0) is 43.7 Å². The van der Waals surface area contributed by atoms with Crippen molar-refractivity contribution in [1.29, 1.82) is 0 Å². The van der Waals surface area contributed by atoms with E-state index in [1.54, 1.807) is 32.3 Å². The predicted octanol–water partition coefficient (Wildman–Crippen LogP) is 5.35. The summed E-state index contributed by atoms with van der Waals surface area (Å²) in [5.41, 5.74) is 7.24. The van der Waals surface area contributed by atoms with E-state index in [9.17, 15) is 0 Å². The normalized spacial score (nSPS) is 11.0. The van der Waals surface area contributed by atoms with Crippen LogP contribution in [0.5, 0.6) is 17.2 Å². The predicted molar refractivity (Wildman–Crippen MR) is 148 cm³/mol. The molecule has 0 amide bonds. The molecule has 0 fully saturated rings. The Morgan fingerprint density at radius 3 is 2.45 bits per heavy atom. The van der Waals surface area contributed by atoms with Crippen LogP contribution in [0, 0.1) is 13.8 Å². The highest BCUT2D eigenvalue weighted by Gasteiger charge is 2.20. The van der Waals surface area contributed by atoms with Crippen LogP contribution in [0.3, 0.4) is 0 Å². The fourth-order valence-electron chi connectivity index (χ4n) is 4.67. The van der Waals surface area contributed by atoms with Gasteiger partial charge in [-0.2, -0.15) is 5.10 Å². The first-order chi connectivity index (χ1) is 18.4. The van der Waals surface area contributed by atoms with E-state index in [0.29, 0.717) is 12.4 Å². The van der Waals surface area contributed by atoms with Gasteiger partial charge >= 0.3 is 0 Å². The second-order valence-corrected chi connectivity index (χ2v) is 8.99. The van der Waals surface area contributed by atoms with E-state index in [1.807, 2.05) is 62.8 Å². The maximum Gasteiger partial charge on any atom is 0.137 e. The second-order valence-electron chi connectivity index (χ2n) is 8.99. The Kier molecular flexibility index (Phi) is 6.83. The van der Waals surface area contributed by atoms with Crippen LogP contribution in [0.1, 0.15) is 16.7 Å². The monoisotopic (exact) mass is 510 g/mol. The second kappa shape index (κ2) is 10.4. The van der Waals surface area contributed by atoms with Crippen molar-refractivity contribution in [3.63, 3.8) is 0 Å². The SMILES string of the molecule is COc1ccc(CNc2ncnc3c(-c4c(C)ccc(OC)c4C)nc(-c4cnn(C)c4)cc23)c(OC)c1. The molecular weight excluding hydrogens is 480 g/mol. The minimum absolute atomic E-state index is 0.496. The van der Waals surface area contributed by atoms with Crippen LogP contribution in [-0.2, 0) is 13.6 Å². The molecule has 0 aliphatic heterocycles. The number of nitrogens with zero attached hydrogens (tertiary/aromatic N) is 5. The number of rotatable bonds is 8. The molecule has 1 N–H and O–H groups in total. The molecule has 194 valence electrons. The molecule has 5 rings (SSSR count). The summed E-state index contributed by atoms with van der Waals surface area (Å²) in [6, 6.07) is 11.8. The molecule has 9 nitrogen and oxygen atoms in total. The first kappa shape index (κ1) is 25.0. The van der Waals surface area contributed by atoms with Gasteiger partial charge in [-0.3, -0.25) is 4.68 Å². The standard InChI is InChI=1S/C29H30N6O3/c1-17-7-10-24(37-5)18(2)26(17)28-27-22(12-23(34-28)20-14-33-35(3)15-20)29(32-16-31-27)30-13-19-8-9-21(36-4)11-25(19)38-6/h7-12,14-16H,13H2,1-6H3,(H,30,31,32). The Morgan fingerprint density at radius 1 is 0.921 bits per heavy atom. The summed E-state index contributed by atoms with van der Waals surface area (Å²) in [5, 5.41) is 8.69. The zero-order chi connectivity index (χ0) is 26.8. The Labute approximate surface area is 221 Å². The summed E-state index contributed by atoms with van der Waals surface area (Å²) in [7, 11) is 6.85. The van der Waals surface area contributed by atoms with Crippen LogP contribution in [-0.4, -0.2) is 46.1 Å². The van der Waals surface area contributed by atoms with Gasteiger partial charge in [0.05, 0.1) is 38.9 Å². The molecule has 3 aromatic heterocycles. The van der Waals surface area contributed by atoms with Crippen molar-refractivity contribution in [2.24, 2.45) is 7.05 Å². The van der Waals surface area contributed by atoms with Crippen LogP contribution in [0.25, 0.3) is 33.4 Å². The maximum atomic E-state index is 5.64. The third kappa shape index (κ3) is 4.58. The summed E-state index contributed by atoms with van der Waals surface area (Å²) < 4.78 is 18.3. The van der Waals surface area contributed by atoms with Gasteiger partial charge in [-0.15, -0.1) is 0 Å². The molecule has 2 aromatic carbocycles. The Morgan fingerprint density at radius 2 is 1.74 bits per heavy atom. The first-order valence-electron chi connectivity index (χ1n) is 12.2. The number of anilines is 1. The summed E-state index contributed by atoms with van der Waals surface area (Å²) in [6.45, 7) is 4.61. The van der Waals surface area contributed by atoms with Gasteiger partial charge < -0.3 is 19.5 Å². The molecule has 0 aliphatic carbocycles.